The predicted octanol–water partition coefficient (Wildman–Crippen LogP) is 9.20. The fraction of sp³-hybridized carbons (Fsp3) is 0.794. The van der Waals surface area contributed by atoms with E-state index in [0.717, 1.165) is 24.0 Å². The van der Waals surface area contributed by atoms with Crippen LogP contribution in [-0.4, -0.2) is 351 Å². The SMILES string of the molecule is C#CC(C)(C)O.COC(=O)[C@@H]1C[C@@H](O)CN1C(=O)OC(C)(C)C.COC(=O)[C@@H]1C[C@@H](OS(C)(=O)=O)CN1C(=O)OC(C)(C)C.COC(=O)[C@@H]1C[C@H](N=[N+]=[N-])CN1C(=O)OC(C)(C)C.COC(=O)[C@@H]1C[C@H](n2nncc2C(C)(C)O)CN1.COC(=O)[C@@H]1C[C@H](n2nncc2C(C)(C)O)CN1C(=O)OC(C)(C)C.COC(=O)[C@@H]1C[C@H](n2nncc2C(C)(C)O)CN1C(=O)[C@H](C)CC1CCCCC1.C[C@H](CC1CCCCC1)C(=O)O. The second-order valence-electron chi connectivity index (χ2n) is 43.7. The summed E-state index contributed by atoms with van der Waals surface area (Å²) in [7, 11) is 4.01. The van der Waals surface area contributed by atoms with E-state index < -0.39 is 164 Å². The number of hydrogen-bond acceptors (Lipinski definition) is 38. The molecule has 50 heteroatoms. The lowest BCUT2D eigenvalue weighted by molar-refractivity contribution is -0.152. The zero-order chi connectivity index (χ0) is 112. The number of methoxy groups -OCH3 is 6. The van der Waals surface area contributed by atoms with Crippen molar-refractivity contribution in [2.24, 2.45) is 28.8 Å². The summed E-state index contributed by atoms with van der Waals surface area (Å²) in [4.78, 5) is 152. The van der Waals surface area contributed by atoms with Crippen molar-refractivity contribution in [1.29, 1.82) is 0 Å². The zero-order valence-corrected chi connectivity index (χ0v) is 91.7. The number of carboxylic acid groups (broad SMARTS) is 1. The Morgan fingerprint density at radius 3 is 1.10 bits per heavy atom. The van der Waals surface area contributed by atoms with Crippen molar-refractivity contribution >= 4 is 82.2 Å². The number of terminal acetylenes is 1. The summed E-state index contributed by atoms with van der Waals surface area (Å²) in [5.41, 5.74) is 3.24. The van der Waals surface area contributed by atoms with Crippen LogP contribution in [0.1, 0.15) is 303 Å². The highest BCUT2D eigenvalue weighted by atomic mass is 32.2. The van der Waals surface area contributed by atoms with Crippen molar-refractivity contribution in [3.05, 3.63) is 46.1 Å². The van der Waals surface area contributed by atoms with Crippen molar-refractivity contribution < 1.29 is 148 Å². The fourth-order valence-electron chi connectivity index (χ4n) is 17.4. The zero-order valence-electron chi connectivity index (χ0n) is 90.9. The molecule has 6 aliphatic heterocycles. The average Bonchev–Trinajstić information content (AvgIpc) is 1.64. The molecule has 3 aromatic heterocycles. The Morgan fingerprint density at radius 2 is 0.769 bits per heavy atom. The second kappa shape index (κ2) is 55.9. The van der Waals surface area contributed by atoms with Gasteiger partial charge < -0.3 is 88.2 Å². The van der Waals surface area contributed by atoms with Crippen LogP contribution in [0.2, 0.25) is 0 Å². The van der Waals surface area contributed by atoms with Gasteiger partial charge in [-0.1, -0.05) is 105 Å². The van der Waals surface area contributed by atoms with E-state index >= 15 is 0 Å². The van der Waals surface area contributed by atoms with Gasteiger partial charge in [-0.2, -0.15) is 8.42 Å². The Bertz CT molecular complexity index is 5010. The molecule has 14 atom stereocenters. The maximum atomic E-state index is 13.3. The van der Waals surface area contributed by atoms with E-state index in [1.165, 1.54) is 134 Å². The van der Waals surface area contributed by atoms with Gasteiger partial charge >= 0.3 is 66.2 Å². The molecule has 2 saturated carbocycles. The van der Waals surface area contributed by atoms with E-state index in [9.17, 15) is 86.4 Å². The number of nitrogens with zero attached hydrogens (tertiary/aromatic N) is 17. The molecular weight excluding hydrogens is 1950 g/mol. The third kappa shape index (κ3) is 42.4. The Labute approximate surface area is 861 Å². The number of esters is 6. The van der Waals surface area contributed by atoms with Gasteiger partial charge in [0.15, 0.2) is 0 Å². The Hall–Kier alpha value is -11.2. The van der Waals surface area contributed by atoms with E-state index in [1.807, 2.05) is 13.8 Å². The molecule has 8 aliphatic rings. The van der Waals surface area contributed by atoms with Gasteiger partial charge in [0.1, 0.15) is 81.1 Å². The summed E-state index contributed by atoms with van der Waals surface area (Å²) >= 11 is 0. The number of amides is 5. The molecule has 49 nitrogen and oxygen atoms in total. The van der Waals surface area contributed by atoms with Crippen molar-refractivity contribution in [2.45, 2.75) is 385 Å². The standard InChI is InChI=1S/C21H34N4O4.C16H26N4O5.C12H21NO7S.C11H18N4O4.C11H18N4O3.C11H19NO5.C10H18O2.C5H8O/c1-14(10-15-8-6-5-7-9-15)19(26)24-13-16(11-17(24)20(27)29-4)25-18(12-22-23-25)21(2,3)28;1-15(2,3)25-14(22)19-9-10(7-11(19)13(21)24-6)20-12(8-17-18-20)16(4,5)23;1-12(2,3)19-11(15)13-7-8(20-21(5,16)17)6-9(13)10(14)18-4;1-11(2,3)19-10(17)15-6-7(13-14-12)5-8(15)9(16)18-4;1-11(2,17)9-6-13-14-15(9)7-4-8(12-5-7)10(16)18-3;1-11(2,3)17-10(15)12-6-7(13)5-8(12)9(14)16-4;1-8(10(11)12)7-9-5-3-2-4-6-9;1-4-5(2,3)6/h12,14-17,28H,5-11,13H2,1-4H3;8,10-11,23H,7,9H2,1-6H3;8-9H,6-7H2,1-5H3;7-8H,5-6H2,1-4H3;6-8,12,17H,4-5H2,1-3H3;7-8,13H,5-6H2,1-4H3;8-9H,2-7H2,1H3,(H,11,12);1,6H,2-3H3/t14-,16+,17+;10-,11-;8-,9+;2*7-,8-;7-,8+;8-;/m1010011./s1. The first-order valence-electron chi connectivity index (χ1n) is 49.2. The van der Waals surface area contributed by atoms with Gasteiger partial charge in [0.2, 0.25) is 5.91 Å². The van der Waals surface area contributed by atoms with Crippen LogP contribution in [-0.2, 0) is 117 Å². The lowest BCUT2D eigenvalue weighted by atomic mass is 9.83. The molecular formula is C97H162N18O31S. The maximum absolute atomic E-state index is 13.3. The van der Waals surface area contributed by atoms with E-state index in [0.29, 0.717) is 61.3 Å². The number of likely N-dealkylation sites (tertiary alicyclic amines) is 5. The van der Waals surface area contributed by atoms with Crippen LogP contribution >= 0.6 is 0 Å². The van der Waals surface area contributed by atoms with Crippen molar-refractivity contribution in [3.8, 4) is 12.3 Å². The van der Waals surface area contributed by atoms with Crippen LogP contribution < -0.4 is 5.32 Å². The Kier molecular flexibility index (Phi) is 48.7. The number of aliphatic hydroxyl groups is 5. The molecule has 3 aromatic rings. The Morgan fingerprint density at radius 1 is 0.456 bits per heavy atom. The summed E-state index contributed by atoms with van der Waals surface area (Å²) in [6.45, 7) is 39.0. The van der Waals surface area contributed by atoms with Crippen LogP contribution in [0.3, 0.4) is 0 Å². The van der Waals surface area contributed by atoms with Gasteiger partial charge in [0.25, 0.3) is 10.1 Å². The van der Waals surface area contributed by atoms with Crippen LogP contribution in [0.5, 0.6) is 0 Å². The molecule has 0 bridgehead atoms. The molecule has 6 saturated heterocycles. The third-order valence-corrected chi connectivity index (χ3v) is 24.9. The maximum Gasteiger partial charge on any atom is 0.411 e. The fourth-order valence-corrected chi connectivity index (χ4v) is 18.1. The number of aromatic nitrogens is 9. The number of carbonyl (C=O) groups is 12. The number of nitrogens with one attached hydrogen (secondary N) is 1. The first kappa shape index (κ1) is 128. The number of carbonyl (C=O) groups excluding carboxylic acids is 11. The monoisotopic (exact) mass is 2110 g/mol. The number of aliphatic carboxylic acids is 1. The molecule has 832 valence electrons. The average molecular weight is 2110 g/mol. The molecule has 8 fully saturated rings. The number of β-amino-alcohol motifs (C(OH)–C–C–N with tert-alkyl or cyclic N) is 1. The number of aliphatic hydroxyl groups excluding tert-OH is 1. The third-order valence-electron chi connectivity index (χ3n) is 24.3. The topological polar surface area (TPSA) is 631 Å². The lowest BCUT2D eigenvalue weighted by Crippen LogP contribution is -2.44. The molecule has 11 rings (SSSR count). The molecule has 0 aromatic carbocycles. The smallest absolute Gasteiger partial charge is 0.411 e. The summed E-state index contributed by atoms with van der Waals surface area (Å²) in [5.74, 6) is -0.390. The van der Waals surface area contributed by atoms with Gasteiger partial charge in [0.05, 0.1) is 140 Å². The first-order chi connectivity index (χ1) is 67.8. The highest BCUT2D eigenvalue weighted by Crippen LogP contribution is 2.39. The van der Waals surface area contributed by atoms with Crippen LogP contribution in [0.15, 0.2) is 23.7 Å². The highest BCUT2D eigenvalue weighted by molar-refractivity contribution is 7.86. The van der Waals surface area contributed by atoms with Crippen LogP contribution in [0.25, 0.3) is 10.4 Å². The molecule has 5 amide bonds. The van der Waals surface area contributed by atoms with Gasteiger partial charge in [0, 0.05) is 62.7 Å². The summed E-state index contributed by atoms with van der Waals surface area (Å²) in [5, 5.41) is 87.9. The lowest BCUT2D eigenvalue weighted by Gasteiger charge is -2.29. The summed E-state index contributed by atoms with van der Waals surface area (Å²) in [6, 6.07) is -5.17. The number of ether oxygens (including phenoxy) is 10. The number of carboxylic acids is 1. The number of rotatable bonds is 21. The van der Waals surface area contributed by atoms with Gasteiger partial charge in [-0.05, 0) is 182 Å². The van der Waals surface area contributed by atoms with Crippen molar-refractivity contribution in [3.63, 3.8) is 0 Å². The minimum atomic E-state index is -3.68. The largest absolute Gasteiger partial charge is 0.481 e. The highest BCUT2D eigenvalue weighted by Gasteiger charge is 2.50. The first-order valence-corrected chi connectivity index (χ1v) is 51.0. The van der Waals surface area contributed by atoms with Crippen molar-refractivity contribution in [2.75, 3.05) is 88.2 Å². The summed E-state index contributed by atoms with van der Waals surface area (Å²) < 4.78 is 81.4. The second-order valence-corrected chi connectivity index (χ2v) is 45.3. The number of hydrogen-bond donors (Lipinski definition) is 7. The van der Waals surface area contributed by atoms with E-state index in [-0.39, 0.29) is 93.3 Å². The normalized spacial score (nSPS) is 22.7. The van der Waals surface area contributed by atoms with E-state index in [1.54, 1.807) is 164 Å². The number of azide groups is 1. The van der Waals surface area contributed by atoms with Gasteiger partial charge in [-0.15, -0.1) is 21.7 Å². The molecule has 7 N–H and O–H groups in total. The molecule has 0 unspecified atom stereocenters. The van der Waals surface area contributed by atoms with Crippen LogP contribution in [0.4, 0.5) is 19.2 Å². The minimum absolute atomic E-state index is 0.00148. The van der Waals surface area contributed by atoms with Gasteiger partial charge in [-0.25, -0.2) is 57.2 Å². The Balaban J connectivity index is 0.000000358. The van der Waals surface area contributed by atoms with E-state index in [4.69, 9.17) is 59.5 Å². The predicted molar refractivity (Wildman–Crippen MR) is 529 cm³/mol. The molecule has 0 spiro atoms. The quantitative estimate of drug-likeness (QED) is 0.00993. The van der Waals surface area contributed by atoms with Gasteiger partial charge in [-0.3, -0.25) is 38.2 Å². The molecule has 2 aliphatic carbocycles. The molecule has 0 radical (unpaired) electrons. The van der Waals surface area contributed by atoms with E-state index in [2.05, 4.69) is 66.4 Å². The molecule has 147 heavy (non-hydrogen) atoms. The molecule has 9 heterocycles. The van der Waals surface area contributed by atoms with Crippen LogP contribution in [0, 0.1) is 36.0 Å². The minimum Gasteiger partial charge on any atom is -0.481 e. The van der Waals surface area contributed by atoms with Crippen molar-refractivity contribution in [1.82, 2.24) is 74.8 Å². The summed E-state index contributed by atoms with van der Waals surface area (Å²) in [6.07, 6.45) is 22.4.